The van der Waals surface area contributed by atoms with Crippen LogP contribution < -0.4 is 4.74 Å². The van der Waals surface area contributed by atoms with Crippen molar-refractivity contribution in [2.75, 3.05) is 0 Å². The zero-order valence-electron chi connectivity index (χ0n) is 11.6. The molecule has 3 aromatic rings. The van der Waals surface area contributed by atoms with Crippen molar-refractivity contribution in [1.82, 2.24) is 4.57 Å². The molecule has 0 spiro atoms. The number of nitrogens with zero attached hydrogens (tertiary/aromatic N) is 1. The first-order valence-corrected chi connectivity index (χ1v) is 6.60. The molecule has 0 bridgehead atoms. The van der Waals surface area contributed by atoms with Crippen LogP contribution in [0.3, 0.4) is 0 Å². The molecule has 0 aliphatic carbocycles. The van der Waals surface area contributed by atoms with Crippen LogP contribution in [0.2, 0.25) is 0 Å². The first kappa shape index (κ1) is 12.6. The van der Waals surface area contributed by atoms with Crippen molar-refractivity contribution < 1.29 is 9.84 Å². The van der Waals surface area contributed by atoms with Gasteiger partial charge in [0.05, 0.1) is 0 Å². The first-order valence-electron chi connectivity index (χ1n) is 6.60. The Labute approximate surface area is 118 Å². The topological polar surface area (TPSA) is 34.4 Å². The summed E-state index contributed by atoms with van der Waals surface area (Å²) in [6.07, 6.45) is 2.07. The number of aryl methyl sites for hydroxylation is 2. The fourth-order valence-electron chi connectivity index (χ4n) is 2.43. The van der Waals surface area contributed by atoms with E-state index >= 15 is 0 Å². The number of aromatic nitrogens is 1. The van der Waals surface area contributed by atoms with E-state index in [2.05, 4.69) is 35.9 Å². The van der Waals surface area contributed by atoms with Gasteiger partial charge in [-0.3, -0.25) is 0 Å². The van der Waals surface area contributed by atoms with Crippen molar-refractivity contribution in [3.8, 4) is 11.5 Å². The largest absolute Gasteiger partial charge is 0.504 e. The summed E-state index contributed by atoms with van der Waals surface area (Å²) in [5, 5.41) is 10.9. The van der Waals surface area contributed by atoms with Crippen molar-refractivity contribution in [1.29, 1.82) is 0 Å². The number of benzene rings is 2. The number of phenols is 1. The average Bonchev–Trinajstić information content (AvgIpc) is 2.74. The van der Waals surface area contributed by atoms with Crippen LogP contribution >= 0.6 is 0 Å². The minimum absolute atomic E-state index is 0.170. The molecule has 3 nitrogen and oxygen atoms in total. The molecule has 0 aliphatic rings. The quantitative estimate of drug-likeness (QED) is 0.783. The molecular weight excluding hydrogens is 250 g/mol. The number of ether oxygens (including phenoxy) is 1. The molecule has 0 saturated heterocycles. The Morgan fingerprint density at radius 1 is 1.15 bits per heavy atom. The van der Waals surface area contributed by atoms with E-state index in [4.69, 9.17) is 4.74 Å². The highest BCUT2D eigenvalue weighted by atomic mass is 16.5. The monoisotopic (exact) mass is 267 g/mol. The van der Waals surface area contributed by atoms with Crippen molar-refractivity contribution in [3.05, 3.63) is 59.8 Å². The summed E-state index contributed by atoms with van der Waals surface area (Å²) in [5.41, 5.74) is 3.55. The fraction of sp³-hybridized carbons (Fsp3) is 0.176. The van der Waals surface area contributed by atoms with E-state index in [1.54, 1.807) is 18.2 Å². The van der Waals surface area contributed by atoms with E-state index in [0.717, 1.165) is 5.56 Å². The molecule has 2 aromatic carbocycles. The van der Waals surface area contributed by atoms with Crippen LogP contribution in [0.4, 0.5) is 0 Å². The Hall–Kier alpha value is -2.42. The van der Waals surface area contributed by atoms with Gasteiger partial charge in [0, 0.05) is 29.7 Å². The lowest BCUT2D eigenvalue weighted by molar-refractivity contribution is 0.290. The second-order valence-electron chi connectivity index (χ2n) is 5.04. The van der Waals surface area contributed by atoms with Crippen LogP contribution in [0.25, 0.3) is 10.9 Å². The third kappa shape index (κ3) is 2.23. The van der Waals surface area contributed by atoms with Gasteiger partial charge in [-0.2, -0.15) is 0 Å². The molecule has 3 heteroatoms. The summed E-state index contributed by atoms with van der Waals surface area (Å²) in [6.45, 7) is 2.53. The van der Waals surface area contributed by atoms with Crippen molar-refractivity contribution >= 4 is 10.9 Å². The molecule has 0 unspecified atom stereocenters. The SMILES string of the molecule is Cc1ccc2c(COc3ccccc3O)cn(C)c2c1. The Morgan fingerprint density at radius 3 is 2.75 bits per heavy atom. The van der Waals surface area contributed by atoms with E-state index in [-0.39, 0.29) is 5.75 Å². The van der Waals surface area contributed by atoms with Gasteiger partial charge in [0.25, 0.3) is 0 Å². The summed E-state index contributed by atoms with van der Waals surface area (Å²) in [6, 6.07) is 13.4. The Kier molecular flexibility index (Phi) is 3.11. The summed E-state index contributed by atoms with van der Waals surface area (Å²) >= 11 is 0. The minimum atomic E-state index is 0.170. The maximum atomic E-state index is 9.71. The number of hydrogen-bond donors (Lipinski definition) is 1. The van der Waals surface area contributed by atoms with Gasteiger partial charge in [-0.1, -0.05) is 24.3 Å². The third-order valence-corrected chi connectivity index (χ3v) is 3.48. The summed E-state index contributed by atoms with van der Waals surface area (Å²) < 4.78 is 7.81. The summed E-state index contributed by atoms with van der Waals surface area (Å²) in [4.78, 5) is 0. The lowest BCUT2D eigenvalue weighted by Crippen LogP contribution is -1.94. The number of fused-ring (bicyclic) bond motifs is 1. The standard InChI is InChI=1S/C17H17NO2/c1-12-7-8-14-13(10-18(2)15(14)9-12)11-20-17-6-4-3-5-16(17)19/h3-10,19H,11H2,1-2H3. The fourth-order valence-corrected chi connectivity index (χ4v) is 2.43. The maximum absolute atomic E-state index is 9.71. The lowest BCUT2D eigenvalue weighted by Gasteiger charge is -2.07. The molecule has 0 amide bonds. The van der Waals surface area contributed by atoms with Crippen molar-refractivity contribution in [2.45, 2.75) is 13.5 Å². The van der Waals surface area contributed by atoms with Crippen LogP contribution in [-0.4, -0.2) is 9.67 Å². The van der Waals surface area contributed by atoms with Crippen LogP contribution in [0.15, 0.2) is 48.7 Å². The van der Waals surface area contributed by atoms with Gasteiger partial charge in [0.1, 0.15) is 6.61 Å². The summed E-state index contributed by atoms with van der Waals surface area (Å²) in [5.74, 6) is 0.681. The maximum Gasteiger partial charge on any atom is 0.161 e. The highest BCUT2D eigenvalue weighted by Gasteiger charge is 2.08. The molecule has 1 aromatic heterocycles. The number of aromatic hydroxyl groups is 1. The molecule has 20 heavy (non-hydrogen) atoms. The molecule has 0 aliphatic heterocycles. The van der Waals surface area contributed by atoms with E-state index in [9.17, 15) is 5.11 Å². The number of phenolic OH excluding ortho intramolecular Hbond substituents is 1. The predicted molar refractivity (Wildman–Crippen MR) is 80.1 cm³/mol. The average molecular weight is 267 g/mol. The molecule has 1 heterocycles. The highest BCUT2D eigenvalue weighted by molar-refractivity contribution is 5.84. The van der Waals surface area contributed by atoms with Gasteiger partial charge in [0.15, 0.2) is 11.5 Å². The van der Waals surface area contributed by atoms with E-state index in [1.807, 2.05) is 13.1 Å². The molecule has 0 fully saturated rings. The number of rotatable bonds is 3. The lowest BCUT2D eigenvalue weighted by atomic mass is 10.1. The molecule has 102 valence electrons. The number of para-hydroxylation sites is 2. The molecule has 3 rings (SSSR count). The van der Waals surface area contributed by atoms with Crippen LogP contribution in [0, 0.1) is 6.92 Å². The smallest absolute Gasteiger partial charge is 0.161 e. The molecular formula is C17H17NO2. The van der Waals surface area contributed by atoms with Gasteiger partial charge in [-0.15, -0.1) is 0 Å². The van der Waals surface area contributed by atoms with Crippen molar-refractivity contribution in [3.63, 3.8) is 0 Å². The van der Waals surface area contributed by atoms with Crippen LogP contribution in [-0.2, 0) is 13.7 Å². The van der Waals surface area contributed by atoms with E-state index < -0.39 is 0 Å². The molecule has 0 atom stereocenters. The van der Waals surface area contributed by atoms with Crippen LogP contribution in [0.1, 0.15) is 11.1 Å². The second-order valence-corrected chi connectivity index (χ2v) is 5.04. The van der Waals surface area contributed by atoms with E-state index in [0.29, 0.717) is 12.4 Å². The Morgan fingerprint density at radius 2 is 1.95 bits per heavy atom. The van der Waals surface area contributed by atoms with Gasteiger partial charge < -0.3 is 14.4 Å². The minimum Gasteiger partial charge on any atom is -0.504 e. The van der Waals surface area contributed by atoms with E-state index in [1.165, 1.54) is 16.5 Å². The normalized spacial score (nSPS) is 10.9. The molecule has 0 saturated carbocycles. The zero-order chi connectivity index (χ0) is 14.1. The zero-order valence-corrected chi connectivity index (χ0v) is 11.6. The molecule has 0 radical (unpaired) electrons. The van der Waals surface area contributed by atoms with Gasteiger partial charge in [0.2, 0.25) is 0 Å². The number of hydrogen-bond acceptors (Lipinski definition) is 2. The summed E-state index contributed by atoms with van der Waals surface area (Å²) in [7, 11) is 2.03. The third-order valence-electron chi connectivity index (χ3n) is 3.48. The van der Waals surface area contributed by atoms with Gasteiger partial charge in [-0.05, 0) is 30.7 Å². The van der Waals surface area contributed by atoms with Gasteiger partial charge in [-0.25, -0.2) is 0 Å². The second kappa shape index (κ2) is 4.93. The highest BCUT2D eigenvalue weighted by Crippen LogP contribution is 2.27. The van der Waals surface area contributed by atoms with Crippen LogP contribution in [0.5, 0.6) is 11.5 Å². The molecule has 1 N–H and O–H groups in total. The first-order chi connectivity index (χ1) is 9.65. The van der Waals surface area contributed by atoms with Gasteiger partial charge >= 0.3 is 0 Å². The predicted octanol–water partition coefficient (Wildman–Crippen LogP) is 3.77. The van der Waals surface area contributed by atoms with Crippen molar-refractivity contribution in [2.24, 2.45) is 7.05 Å². The Bertz CT molecular complexity index is 759. The Balaban J connectivity index is 1.90.